The van der Waals surface area contributed by atoms with Crippen molar-refractivity contribution in [2.45, 2.75) is 39.3 Å². The maximum atomic E-state index is 5.70. The van der Waals surface area contributed by atoms with Crippen molar-refractivity contribution in [2.75, 3.05) is 6.61 Å². The summed E-state index contributed by atoms with van der Waals surface area (Å²) in [7, 11) is 0. The summed E-state index contributed by atoms with van der Waals surface area (Å²) >= 11 is 0. The maximum absolute atomic E-state index is 5.70. The van der Waals surface area contributed by atoms with E-state index in [1.54, 1.807) is 6.20 Å². The summed E-state index contributed by atoms with van der Waals surface area (Å²) in [5.41, 5.74) is 1.95. The lowest BCUT2D eigenvalue weighted by molar-refractivity contribution is -0.00526. The molecule has 2 rings (SSSR count). The Hall–Kier alpha value is -1.68. The van der Waals surface area contributed by atoms with E-state index in [1.165, 1.54) is 0 Å². The topological polar surface area (TPSA) is 39.9 Å². The highest BCUT2D eigenvalue weighted by atomic mass is 16.5. The van der Waals surface area contributed by atoms with Crippen molar-refractivity contribution in [1.29, 1.82) is 0 Å². The molecule has 2 aromatic heterocycles. The van der Waals surface area contributed by atoms with Gasteiger partial charge in [-0.2, -0.15) is 0 Å². The second kappa shape index (κ2) is 5.97. The molecule has 4 heteroatoms. The first kappa shape index (κ1) is 13.7. The number of rotatable bonds is 5. The zero-order chi connectivity index (χ0) is 13.7. The maximum Gasteiger partial charge on any atom is 0.0953 e. The lowest BCUT2D eigenvalue weighted by atomic mass is 10.2. The molecule has 0 spiro atoms. The van der Waals surface area contributed by atoms with Gasteiger partial charge in [-0.1, -0.05) is 0 Å². The van der Waals surface area contributed by atoms with Gasteiger partial charge in [0, 0.05) is 37.3 Å². The number of hydrogen-bond donors (Lipinski definition) is 0. The smallest absolute Gasteiger partial charge is 0.0953 e. The van der Waals surface area contributed by atoms with Crippen LogP contribution in [0.25, 0.3) is 11.3 Å². The largest absolute Gasteiger partial charge is 0.376 e. The fraction of sp³-hybridized carbons (Fsp3) is 0.467. The lowest BCUT2D eigenvalue weighted by Gasteiger charge is -2.19. The number of nitrogens with zero attached hydrogens (tertiary/aromatic N) is 3. The molecule has 0 N–H and O–H groups in total. The first-order chi connectivity index (χ1) is 9.04. The molecule has 0 unspecified atom stereocenters. The van der Waals surface area contributed by atoms with E-state index in [2.05, 4.69) is 35.3 Å². The molecule has 0 fully saturated rings. The van der Waals surface area contributed by atoms with Crippen molar-refractivity contribution >= 4 is 0 Å². The minimum atomic E-state index is -0.0597. The standard InChI is InChI=1S/C15H21N3O/c1-15(2,3)19-9-5-8-18-11-14(17-12-18)13-6-4-7-16-10-13/h4,6-7,10-12H,5,8-9H2,1-3H3. The van der Waals surface area contributed by atoms with Gasteiger partial charge in [0.05, 0.1) is 17.6 Å². The third-order valence-electron chi connectivity index (χ3n) is 2.69. The summed E-state index contributed by atoms with van der Waals surface area (Å²) in [6.45, 7) is 7.91. The van der Waals surface area contributed by atoms with E-state index in [4.69, 9.17) is 4.74 Å². The Labute approximate surface area is 114 Å². The van der Waals surface area contributed by atoms with E-state index < -0.39 is 0 Å². The predicted octanol–water partition coefficient (Wildman–Crippen LogP) is 3.15. The molecule has 0 aliphatic carbocycles. The zero-order valence-electron chi connectivity index (χ0n) is 11.8. The second-order valence-electron chi connectivity index (χ2n) is 5.55. The van der Waals surface area contributed by atoms with E-state index in [1.807, 2.05) is 30.9 Å². The lowest BCUT2D eigenvalue weighted by Crippen LogP contribution is -2.20. The fourth-order valence-electron chi connectivity index (χ4n) is 1.77. The van der Waals surface area contributed by atoms with Crippen LogP contribution >= 0.6 is 0 Å². The molecule has 0 radical (unpaired) electrons. The van der Waals surface area contributed by atoms with Crippen LogP contribution in [-0.2, 0) is 11.3 Å². The molecule has 4 nitrogen and oxygen atoms in total. The minimum Gasteiger partial charge on any atom is -0.376 e. The number of hydrogen-bond acceptors (Lipinski definition) is 3. The van der Waals surface area contributed by atoms with Gasteiger partial charge in [0.15, 0.2) is 0 Å². The van der Waals surface area contributed by atoms with E-state index in [0.717, 1.165) is 30.8 Å². The molecule has 0 saturated carbocycles. The quantitative estimate of drug-likeness (QED) is 0.774. The van der Waals surface area contributed by atoms with Crippen molar-refractivity contribution in [3.05, 3.63) is 37.1 Å². The predicted molar refractivity (Wildman–Crippen MR) is 75.8 cm³/mol. The molecule has 0 aliphatic heterocycles. The summed E-state index contributed by atoms with van der Waals surface area (Å²) in [4.78, 5) is 8.50. The molecule has 2 heterocycles. The third-order valence-corrected chi connectivity index (χ3v) is 2.69. The molecule has 19 heavy (non-hydrogen) atoms. The molecule has 0 amide bonds. The average molecular weight is 259 g/mol. The van der Waals surface area contributed by atoms with Crippen LogP contribution in [0.3, 0.4) is 0 Å². The average Bonchev–Trinajstić information content (AvgIpc) is 2.83. The summed E-state index contributed by atoms with van der Waals surface area (Å²) in [6, 6.07) is 3.94. The Morgan fingerprint density at radius 1 is 1.32 bits per heavy atom. The molecule has 0 aromatic carbocycles. The highest BCUT2D eigenvalue weighted by Crippen LogP contribution is 2.15. The van der Waals surface area contributed by atoms with E-state index >= 15 is 0 Å². The van der Waals surface area contributed by atoms with Gasteiger partial charge in [0.25, 0.3) is 0 Å². The summed E-state index contributed by atoms with van der Waals surface area (Å²) in [5.74, 6) is 0. The number of aryl methyl sites for hydroxylation is 1. The van der Waals surface area contributed by atoms with Crippen molar-refractivity contribution in [3.63, 3.8) is 0 Å². The first-order valence-electron chi connectivity index (χ1n) is 6.61. The molecular weight excluding hydrogens is 238 g/mol. The second-order valence-corrected chi connectivity index (χ2v) is 5.55. The Morgan fingerprint density at radius 3 is 2.84 bits per heavy atom. The van der Waals surface area contributed by atoms with E-state index in [9.17, 15) is 0 Å². The van der Waals surface area contributed by atoms with Crippen LogP contribution in [0.1, 0.15) is 27.2 Å². The van der Waals surface area contributed by atoms with Crippen molar-refractivity contribution in [3.8, 4) is 11.3 Å². The van der Waals surface area contributed by atoms with Crippen LogP contribution in [0, 0.1) is 0 Å². The summed E-state index contributed by atoms with van der Waals surface area (Å²) in [6.07, 6.45) is 8.49. The van der Waals surface area contributed by atoms with Crippen molar-refractivity contribution in [2.24, 2.45) is 0 Å². The SMILES string of the molecule is CC(C)(C)OCCCn1cnc(-c2cccnc2)c1. The van der Waals surface area contributed by atoms with Crippen LogP contribution < -0.4 is 0 Å². The van der Waals surface area contributed by atoms with Gasteiger partial charge in [0.1, 0.15) is 0 Å². The minimum absolute atomic E-state index is 0.0597. The number of imidazole rings is 1. The monoisotopic (exact) mass is 259 g/mol. The number of ether oxygens (including phenoxy) is 1. The highest BCUT2D eigenvalue weighted by molar-refractivity contribution is 5.56. The van der Waals surface area contributed by atoms with Crippen LogP contribution in [0.15, 0.2) is 37.1 Å². The van der Waals surface area contributed by atoms with Crippen LogP contribution in [0.5, 0.6) is 0 Å². The normalized spacial score (nSPS) is 11.7. The van der Waals surface area contributed by atoms with Gasteiger partial charge in [-0.3, -0.25) is 4.98 Å². The van der Waals surface area contributed by atoms with Gasteiger partial charge in [-0.05, 0) is 39.3 Å². The Bertz CT molecular complexity index is 500. The van der Waals surface area contributed by atoms with Gasteiger partial charge >= 0.3 is 0 Å². The zero-order valence-corrected chi connectivity index (χ0v) is 11.8. The third kappa shape index (κ3) is 4.48. The molecule has 2 aromatic rings. The number of aromatic nitrogens is 3. The van der Waals surface area contributed by atoms with Gasteiger partial charge in [0.2, 0.25) is 0 Å². The van der Waals surface area contributed by atoms with E-state index in [-0.39, 0.29) is 5.60 Å². The van der Waals surface area contributed by atoms with E-state index in [0.29, 0.717) is 0 Å². The Kier molecular flexibility index (Phi) is 4.32. The molecule has 0 bridgehead atoms. The summed E-state index contributed by atoms with van der Waals surface area (Å²) < 4.78 is 7.79. The van der Waals surface area contributed by atoms with Crippen LogP contribution in [0.4, 0.5) is 0 Å². The molecule has 102 valence electrons. The molecule has 0 saturated heterocycles. The van der Waals surface area contributed by atoms with Crippen LogP contribution in [-0.4, -0.2) is 26.7 Å². The highest BCUT2D eigenvalue weighted by Gasteiger charge is 2.09. The van der Waals surface area contributed by atoms with Gasteiger partial charge in [-0.15, -0.1) is 0 Å². The van der Waals surface area contributed by atoms with Crippen molar-refractivity contribution < 1.29 is 4.74 Å². The van der Waals surface area contributed by atoms with Crippen LogP contribution in [0.2, 0.25) is 0 Å². The fourth-order valence-corrected chi connectivity index (χ4v) is 1.77. The van der Waals surface area contributed by atoms with Crippen molar-refractivity contribution in [1.82, 2.24) is 14.5 Å². The molecule has 0 aliphatic rings. The number of pyridine rings is 1. The van der Waals surface area contributed by atoms with Gasteiger partial charge in [-0.25, -0.2) is 4.98 Å². The first-order valence-corrected chi connectivity index (χ1v) is 6.61. The molecule has 0 atom stereocenters. The Morgan fingerprint density at radius 2 is 2.16 bits per heavy atom. The van der Waals surface area contributed by atoms with Gasteiger partial charge < -0.3 is 9.30 Å². The Balaban J connectivity index is 1.85. The molecular formula is C15H21N3O. The summed E-state index contributed by atoms with van der Waals surface area (Å²) in [5, 5.41) is 0.